The second-order valence-electron chi connectivity index (χ2n) is 10.6. The second-order valence-corrected chi connectivity index (χ2v) is 12.0. The molecule has 0 aromatic rings. The maximum Gasteiger partial charge on any atom is 0.305 e. The molecule has 0 aliphatic heterocycles. The second kappa shape index (κ2) is 24.3. The van der Waals surface area contributed by atoms with E-state index in [1.165, 1.54) is 25.7 Å². The summed E-state index contributed by atoms with van der Waals surface area (Å²) in [7, 11) is 1.22. The number of esters is 1. The Kier molecular flexibility index (Phi) is 23.3. The fourth-order valence-electron chi connectivity index (χ4n) is 3.22. The molecule has 8 nitrogen and oxygen atoms in total. The Labute approximate surface area is 237 Å². The molecular formula is C30H54NO7P. The number of unbranched alkanes of at least 4 members (excludes halogenated alkanes) is 6. The van der Waals surface area contributed by atoms with Crippen LogP contribution in [-0.4, -0.2) is 69.2 Å². The number of nitrogens with zero attached hydrogens (tertiary/aromatic N) is 1. The van der Waals surface area contributed by atoms with Gasteiger partial charge in [0.2, 0.25) is 0 Å². The Balaban J connectivity index is 3.69. The van der Waals surface area contributed by atoms with Gasteiger partial charge < -0.3 is 28.3 Å². The van der Waals surface area contributed by atoms with E-state index in [0.29, 0.717) is 17.4 Å². The lowest BCUT2D eigenvalue weighted by atomic mass is 10.1. The molecule has 0 saturated carbocycles. The summed E-state index contributed by atoms with van der Waals surface area (Å²) in [5.41, 5.74) is 0. The van der Waals surface area contributed by atoms with E-state index >= 15 is 0 Å². The molecule has 0 rings (SSSR count). The number of carbonyl (C=O) groups excluding carboxylic acids is 1. The molecule has 1 N–H and O–H groups in total. The number of carbonyl (C=O) groups is 1. The SMILES string of the molecule is CCCCC/C=C/C/C=C/C/C=C/C/C=C/CCCCCC(=O)OC[C@@H](O)COP(=O)([O-])OCC[N+](C)(C)C. The van der Waals surface area contributed by atoms with Gasteiger partial charge in [-0.05, 0) is 51.4 Å². The van der Waals surface area contributed by atoms with Crippen molar-refractivity contribution in [3.05, 3.63) is 48.6 Å². The molecular weight excluding hydrogens is 517 g/mol. The maximum absolute atomic E-state index is 11.8. The van der Waals surface area contributed by atoms with E-state index in [-0.39, 0.29) is 19.6 Å². The van der Waals surface area contributed by atoms with E-state index in [1.807, 2.05) is 21.1 Å². The maximum atomic E-state index is 11.8. The van der Waals surface area contributed by atoms with Gasteiger partial charge in [0.1, 0.15) is 25.9 Å². The minimum absolute atomic E-state index is 0.0161. The van der Waals surface area contributed by atoms with Crippen LogP contribution < -0.4 is 4.89 Å². The van der Waals surface area contributed by atoms with Crippen molar-refractivity contribution in [1.82, 2.24) is 0 Å². The van der Waals surface area contributed by atoms with Gasteiger partial charge in [0.05, 0.1) is 27.7 Å². The molecule has 0 fully saturated rings. The lowest BCUT2D eigenvalue weighted by molar-refractivity contribution is -0.870. The largest absolute Gasteiger partial charge is 0.756 e. The van der Waals surface area contributed by atoms with Crippen LogP contribution in [-0.2, 0) is 23.1 Å². The zero-order chi connectivity index (χ0) is 29.2. The summed E-state index contributed by atoms with van der Waals surface area (Å²) in [4.78, 5) is 23.5. The van der Waals surface area contributed by atoms with E-state index in [4.69, 9.17) is 9.26 Å². The Bertz CT molecular complexity index is 772. The number of hydrogen-bond acceptors (Lipinski definition) is 7. The van der Waals surface area contributed by atoms with Crippen molar-refractivity contribution >= 4 is 13.8 Å². The average Bonchev–Trinajstić information content (AvgIpc) is 2.86. The van der Waals surface area contributed by atoms with E-state index in [9.17, 15) is 19.4 Å². The molecule has 0 saturated heterocycles. The van der Waals surface area contributed by atoms with Crippen LogP contribution in [0.5, 0.6) is 0 Å². The smallest absolute Gasteiger partial charge is 0.305 e. The van der Waals surface area contributed by atoms with Crippen LogP contribution in [0.1, 0.15) is 84.0 Å². The first-order valence-corrected chi connectivity index (χ1v) is 15.9. The zero-order valence-electron chi connectivity index (χ0n) is 24.8. The Hall–Kier alpha value is -1.54. The molecule has 39 heavy (non-hydrogen) atoms. The molecule has 0 bridgehead atoms. The molecule has 0 spiro atoms. The van der Waals surface area contributed by atoms with Crippen molar-refractivity contribution < 1.29 is 37.6 Å². The minimum atomic E-state index is -4.50. The number of ether oxygens (including phenoxy) is 1. The van der Waals surface area contributed by atoms with Crippen molar-refractivity contribution in [2.75, 3.05) is 47.5 Å². The average molecular weight is 572 g/mol. The van der Waals surface area contributed by atoms with Crippen LogP contribution in [0.4, 0.5) is 0 Å². The van der Waals surface area contributed by atoms with Crippen LogP contribution in [0.25, 0.3) is 0 Å². The van der Waals surface area contributed by atoms with E-state index in [0.717, 1.165) is 38.5 Å². The predicted octanol–water partition coefficient (Wildman–Crippen LogP) is 6.02. The van der Waals surface area contributed by atoms with Gasteiger partial charge in [0.25, 0.3) is 7.82 Å². The summed E-state index contributed by atoms with van der Waals surface area (Å²) in [6, 6.07) is 0. The molecule has 0 aromatic carbocycles. The molecule has 0 aromatic heterocycles. The zero-order valence-corrected chi connectivity index (χ0v) is 25.7. The highest BCUT2D eigenvalue weighted by molar-refractivity contribution is 7.45. The minimum Gasteiger partial charge on any atom is -0.756 e. The molecule has 0 aliphatic carbocycles. The third-order valence-corrected chi connectivity index (χ3v) is 6.55. The standard InChI is InChI=1S/C30H54NO7P/c1-5-6-7-8-9-10-11-12-13-14-15-16-17-18-19-20-21-22-23-24-30(33)36-27-29(32)28-38-39(34,35)37-26-25-31(2,3)4/h9-10,12-13,15-16,18-19,29,32H,5-8,11,14,17,20-28H2,1-4H3/b10-9+,13-12+,16-15+,19-18+/t29-/m1/s1. The summed E-state index contributed by atoms with van der Waals surface area (Å²) in [5, 5.41) is 9.81. The number of hydrogen-bond donors (Lipinski definition) is 1. The van der Waals surface area contributed by atoms with Crippen LogP contribution in [0.2, 0.25) is 0 Å². The predicted molar refractivity (Wildman–Crippen MR) is 157 cm³/mol. The third kappa shape index (κ3) is 29.3. The van der Waals surface area contributed by atoms with Gasteiger partial charge in [-0.1, -0.05) is 74.8 Å². The van der Waals surface area contributed by atoms with Gasteiger partial charge in [-0.25, -0.2) is 0 Å². The fraction of sp³-hybridized carbons (Fsp3) is 0.700. The quantitative estimate of drug-likeness (QED) is 0.0469. The Morgan fingerprint density at radius 3 is 1.90 bits per heavy atom. The molecule has 226 valence electrons. The lowest BCUT2D eigenvalue weighted by Crippen LogP contribution is -2.37. The van der Waals surface area contributed by atoms with Gasteiger partial charge >= 0.3 is 5.97 Å². The number of rotatable bonds is 25. The Morgan fingerprint density at radius 2 is 1.36 bits per heavy atom. The van der Waals surface area contributed by atoms with Crippen LogP contribution in [0.15, 0.2) is 48.6 Å². The number of likely N-dealkylation sites (N-methyl/N-ethyl adjacent to an activating group) is 1. The summed E-state index contributed by atoms with van der Waals surface area (Å²) in [5.74, 6) is -0.420. The van der Waals surface area contributed by atoms with Crippen molar-refractivity contribution in [3.8, 4) is 0 Å². The first-order valence-electron chi connectivity index (χ1n) is 14.4. The number of aliphatic hydroxyl groups excluding tert-OH is 1. The van der Waals surface area contributed by atoms with Gasteiger partial charge in [0.15, 0.2) is 0 Å². The topological polar surface area (TPSA) is 105 Å². The highest BCUT2D eigenvalue weighted by Crippen LogP contribution is 2.38. The van der Waals surface area contributed by atoms with E-state index in [1.54, 1.807) is 0 Å². The number of phosphoric acid groups is 1. The molecule has 2 atom stereocenters. The van der Waals surface area contributed by atoms with Crippen molar-refractivity contribution in [2.45, 2.75) is 90.1 Å². The summed E-state index contributed by atoms with van der Waals surface area (Å²) in [6.07, 6.45) is 28.2. The van der Waals surface area contributed by atoms with Crippen LogP contribution in [0.3, 0.4) is 0 Å². The van der Waals surface area contributed by atoms with Gasteiger partial charge in [-0.2, -0.15) is 0 Å². The summed E-state index contributed by atoms with van der Waals surface area (Å²) >= 11 is 0. The highest BCUT2D eigenvalue weighted by Gasteiger charge is 2.16. The fourth-order valence-corrected chi connectivity index (χ4v) is 3.95. The van der Waals surface area contributed by atoms with E-state index < -0.39 is 26.5 Å². The molecule has 0 radical (unpaired) electrons. The molecule has 9 heteroatoms. The Morgan fingerprint density at radius 1 is 0.821 bits per heavy atom. The highest BCUT2D eigenvalue weighted by atomic mass is 31.2. The van der Waals surface area contributed by atoms with Crippen molar-refractivity contribution in [2.24, 2.45) is 0 Å². The number of allylic oxidation sites excluding steroid dienone is 8. The van der Waals surface area contributed by atoms with Crippen molar-refractivity contribution in [1.29, 1.82) is 0 Å². The normalized spacial score (nSPS) is 15.1. The van der Waals surface area contributed by atoms with Gasteiger partial charge in [-0.15, -0.1) is 0 Å². The first kappa shape index (κ1) is 37.5. The van der Waals surface area contributed by atoms with Crippen molar-refractivity contribution in [3.63, 3.8) is 0 Å². The van der Waals surface area contributed by atoms with Crippen LogP contribution in [0, 0.1) is 0 Å². The number of phosphoric ester groups is 1. The molecule has 0 amide bonds. The number of aliphatic hydroxyl groups is 1. The molecule has 0 aliphatic rings. The first-order chi connectivity index (χ1) is 18.6. The monoisotopic (exact) mass is 571 g/mol. The van der Waals surface area contributed by atoms with E-state index in [2.05, 4.69) is 60.1 Å². The molecule has 0 heterocycles. The summed E-state index contributed by atoms with van der Waals surface area (Å²) < 4.78 is 26.7. The van der Waals surface area contributed by atoms with Gasteiger partial charge in [0, 0.05) is 6.42 Å². The van der Waals surface area contributed by atoms with Crippen LogP contribution >= 0.6 is 7.82 Å². The molecule has 1 unspecified atom stereocenters. The third-order valence-electron chi connectivity index (χ3n) is 5.58. The van der Waals surface area contributed by atoms with Gasteiger partial charge in [-0.3, -0.25) is 9.36 Å². The number of quaternary nitrogens is 1. The summed E-state index contributed by atoms with van der Waals surface area (Å²) in [6.45, 7) is 1.86. The lowest BCUT2D eigenvalue weighted by Gasteiger charge is -2.27.